The molecular weight excluding hydrogens is 290 g/mol. The van der Waals surface area contributed by atoms with E-state index in [-0.39, 0.29) is 17.9 Å². The number of carbonyl (C=O) groups is 1. The average molecular weight is 321 g/mol. The molecule has 2 rings (SSSR count). The summed E-state index contributed by atoms with van der Waals surface area (Å²) >= 11 is 0. The van der Waals surface area contributed by atoms with Crippen LogP contribution in [0.2, 0.25) is 0 Å². The molecule has 0 radical (unpaired) electrons. The Balaban J connectivity index is 2.27. The summed E-state index contributed by atoms with van der Waals surface area (Å²) in [5.41, 5.74) is 0.867. The molecule has 0 aromatic rings. The molecule has 1 saturated carbocycles. The smallest absolute Gasteiger partial charge is 0.196 e. The van der Waals surface area contributed by atoms with Crippen LogP contribution in [-0.2, 0) is 9.53 Å². The predicted molar refractivity (Wildman–Crippen MR) is 93.7 cm³/mol. The molecule has 1 heterocycles. The number of hydrogen-bond acceptors (Lipinski definition) is 5. The first kappa shape index (κ1) is 18.0. The molecular formula is C18H31N3O2. The van der Waals surface area contributed by atoms with E-state index < -0.39 is 0 Å². The number of ketones is 1. The minimum Gasteiger partial charge on any atom is -0.485 e. The van der Waals surface area contributed by atoms with Gasteiger partial charge in [0.05, 0.1) is 6.10 Å². The van der Waals surface area contributed by atoms with Crippen molar-refractivity contribution in [2.24, 2.45) is 4.99 Å². The highest BCUT2D eigenvalue weighted by Crippen LogP contribution is 2.25. The molecule has 1 N–H and O–H groups in total. The number of aliphatic imine (C=N–C) groups is 1. The molecule has 1 unspecified atom stereocenters. The highest BCUT2D eigenvalue weighted by atomic mass is 16.5. The Morgan fingerprint density at radius 1 is 1.35 bits per heavy atom. The number of Topliss-reactive ketones (excluding diaryl/α,β-unsaturated/α-hetero) is 1. The number of nitrogens with one attached hydrogen (secondary N) is 1. The van der Waals surface area contributed by atoms with Crippen LogP contribution < -0.4 is 5.32 Å². The highest BCUT2D eigenvalue weighted by Gasteiger charge is 2.25. The van der Waals surface area contributed by atoms with Crippen molar-refractivity contribution in [3.63, 3.8) is 0 Å². The van der Waals surface area contributed by atoms with Gasteiger partial charge in [-0.05, 0) is 39.0 Å². The van der Waals surface area contributed by atoms with Gasteiger partial charge >= 0.3 is 0 Å². The second kappa shape index (κ2) is 9.06. The molecule has 0 spiro atoms. The molecule has 0 aromatic carbocycles. The van der Waals surface area contributed by atoms with Crippen LogP contribution in [0.5, 0.6) is 0 Å². The van der Waals surface area contributed by atoms with E-state index >= 15 is 0 Å². The fraction of sp³-hybridized carbons (Fsp3) is 0.778. The number of allylic oxidation sites excluding steroid dienone is 2. The quantitative estimate of drug-likeness (QED) is 0.445. The van der Waals surface area contributed by atoms with E-state index in [1.54, 1.807) is 6.92 Å². The number of hydrogen-bond donors (Lipinski definition) is 1. The average Bonchev–Trinajstić information content (AvgIpc) is 3.07. The van der Waals surface area contributed by atoms with E-state index in [4.69, 9.17) is 4.74 Å². The van der Waals surface area contributed by atoms with Crippen molar-refractivity contribution in [2.45, 2.75) is 65.0 Å². The largest absolute Gasteiger partial charge is 0.485 e. The van der Waals surface area contributed by atoms with E-state index in [1.807, 2.05) is 6.21 Å². The van der Waals surface area contributed by atoms with Crippen molar-refractivity contribution < 1.29 is 9.53 Å². The topological polar surface area (TPSA) is 53.9 Å². The van der Waals surface area contributed by atoms with Gasteiger partial charge in [0, 0.05) is 45.4 Å². The van der Waals surface area contributed by atoms with Crippen molar-refractivity contribution in [1.82, 2.24) is 10.2 Å². The SMILES string of the molecule is CCC(C)N=C/C(=C(/OC1CCCC1)C(C)=O)N1CCNCC1. The van der Waals surface area contributed by atoms with Crippen LogP contribution in [-0.4, -0.2) is 55.2 Å². The fourth-order valence-electron chi connectivity index (χ4n) is 2.99. The number of piperazine rings is 1. The summed E-state index contributed by atoms with van der Waals surface area (Å²) in [5, 5.41) is 3.35. The van der Waals surface area contributed by atoms with Gasteiger partial charge in [-0.3, -0.25) is 9.79 Å². The van der Waals surface area contributed by atoms with E-state index in [0.717, 1.165) is 51.1 Å². The van der Waals surface area contributed by atoms with Gasteiger partial charge in [-0.25, -0.2) is 0 Å². The monoisotopic (exact) mass is 321 g/mol. The van der Waals surface area contributed by atoms with E-state index in [1.165, 1.54) is 12.8 Å². The van der Waals surface area contributed by atoms with Gasteiger partial charge in [-0.1, -0.05) is 6.92 Å². The third kappa shape index (κ3) is 5.34. The maximum absolute atomic E-state index is 12.2. The zero-order valence-electron chi connectivity index (χ0n) is 14.8. The van der Waals surface area contributed by atoms with Crippen molar-refractivity contribution in [1.29, 1.82) is 0 Å². The van der Waals surface area contributed by atoms with Crippen LogP contribution >= 0.6 is 0 Å². The first-order valence-corrected chi connectivity index (χ1v) is 9.02. The number of rotatable bonds is 7. The van der Waals surface area contributed by atoms with Gasteiger partial charge < -0.3 is 15.0 Å². The van der Waals surface area contributed by atoms with Crippen LogP contribution in [0.4, 0.5) is 0 Å². The van der Waals surface area contributed by atoms with E-state index in [9.17, 15) is 4.79 Å². The fourth-order valence-corrected chi connectivity index (χ4v) is 2.99. The Morgan fingerprint density at radius 2 is 2.00 bits per heavy atom. The molecule has 0 bridgehead atoms. The second-order valence-electron chi connectivity index (χ2n) is 6.57. The summed E-state index contributed by atoms with van der Waals surface area (Å²) in [4.78, 5) is 19.1. The summed E-state index contributed by atoms with van der Waals surface area (Å²) < 4.78 is 6.13. The normalized spacial score (nSPS) is 22.3. The lowest BCUT2D eigenvalue weighted by Gasteiger charge is -2.31. The van der Waals surface area contributed by atoms with E-state index in [2.05, 4.69) is 29.1 Å². The van der Waals surface area contributed by atoms with Crippen LogP contribution in [0.1, 0.15) is 52.9 Å². The Kier molecular flexibility index (Phi) is 7.09. The minimum atomic E-state index is 0.000958. The van der Waals surface area contributed by atoms with Crippen LogP contribution in [0.25, 0.3) is 0 Å². The van der Waals surface area contributed by atoms with Crippen LogP contribution in [0.15, 0.2) is 16.4 Å². The molecule has 5 heteroatoms. The summed E-state index contributed by atoms with van der Waals surface area (Å²) in [7, 11) is 0. The summed E-state index contributed by atoms with van der Waals surface area (Å²) in [6.45, 7) is 9.43. The molecule has 130 valence electrons. The van der Waals surface area contributed by atoms with Crippen LogP contribution in [0.3, 0.4) is 0 Å². The Hall–Kier alpha value is -1.36. The van der Waals surface area contributed by atoms with E-state index in [0.29, 0.717) is 5.76 Å². The Morgan fingerprint density at radius 3 is 2.57 bits per heavy atom. The highest BCUT2D eigenvalue weighted by molar-refractivity contribution is 5.97. The summed E-state index contributed by atoms with van der Waals surface area (Å²) in [5.74, 6) is 0.506. The van der Waals surface area contributed by atoms with Gasteiger partial charge in [0.2, 0.25) is 0 Å². The number of nitrogens with zero attached hydrogens (tertiary/aromatic N) is 2. The van der Waals surface area contributed by atoms with Crippen molar-refractivity contribution in [3.05, 3.63) is 11.5 Å². The molecule has 0 amide bonds. The molecule has 2 aliphatic rings. The molecule has 1 aliphatic heterocycles. The lowest BCUT2D eigenvalue weighted by Crippen LogP contribution is -2.44. The molecule has 1 saturated heterocycles. The maximum Gasteiger partial charge on any atom is 0.196 e. The molecule has 5 nitrogen and oxygen atoms in total. The third-order valence-corrected chi connectivity index (χ3v) is 4.64. The van der Waals surface area contributed by atoms with Gasteiger partial charge in [-0.2, -0.15) is 0 Å². The first-order chi connectivity index (χ1) is 11.1. The Labute approximate surface area is 140 Å². The zero-order valence-corrected chi connectivity index (χ0v) is 14.8. The summed E-state index contributed by atoms with van der Waals surface area (Å²) in [6, 6.07) is 0.257. The van der Waals surface area contributed by atoms with Crippen molar-refractivity contribution in [2.75, 3.05) is 26.2 Å². The predicted octanol–water partition coefficient (Wildman–Crippen LogP) is 2.52. The van der Waals surface area contributed by atoms with Gasteiger partial charge in [0.15, 0.2) is 11.5 Å². The number of ether oxygens (including phenoxy) is 1. The zero-order chi connectivity index (χ0) is 16.7. The number of carbonyl (C=O) groups excluding carboxylic acids is 1. The standard InChI is InChI=1S/C18H31N3O2/c1-4-14(2)20-13-17(21-11-9-19-10-12-21)18(15(3)22)23-16-7-5-6-8-16/h13-14,16,19H,4-12H2,1-3H3/b18-17-,20-13?. The van der Waals surface area contributed by atoms with Crippen LogP contribution in [0, 0.1) is 0 Å². The van der Waals surface area contributed by atoms with Gasteiger partial charge in [0.25, 0.3) is 0 Å². The summed E-state index contributed by atoms with van der Waals surface area (Å²) in [6.07, 6.45) is 7.53. The third-order valence-electron chi connectivity index (χ3n) is 4.64. The van der Waals surface area contributed by atoms with Gasteiger partial charge in [0.1, 0.15) is 5.70 Å². The Bertz CT molecular complexity index is 447. The van der Waals surface area contributed by atoms with Gasteiger partial charge in [-0.15, -0.1) is 0 Å². The molecule has 23 heavy (non-hydrogen) atoms. The minimum absolute atomic E-state index is 0.000958. The molecule has 1 aliphatic carbocycles. The lowest BCUT2D eigenvalue weighted by molar-refractivity contribution is -0.118. The second-order valence-corrected chi connectivity index (χ2v) is 6.57. The lowest BCUT2D eigenvalue weighted by atomic mass is 10.2. The molecule has 1 atom stereocenters. The van der Waals surface area contributed by atoms with Crippen molar-refractivity contribution >= 4 is 12.0 Å². The molecule has 0 aromatic heterocycles. The van der Waals surface area contributed by atoms with Crippen molar-refractivity contribution in [3.8, 4) is 0 Å². The molecule has 2 fully saturated rings. The first-order valence-electron chi connectivity index (χ1n) is 9.02. The maximum atomic E-state index is 12.2.